The lowest BCUT2D eigenvalue weighted by Crippen LogP contribution is -2.30. The molecule has 0 spiro atoms. The lowest BCUT2D eigenvalue weighted by atomic mass is 10.1. The number of ether oxygens (including phenoxy) is 3. The molecule has 0 aromatic rings. The zero-order valence-corrected chi connectivity index (χ0v) is 36.4. The molecule has 0 radical (unpaired) electrons. The van der Waals surface area contributed by atoms with Crippen molar-refractivity contribution in [3.63, 3.8) is 0 Å². The number of hydrogen-bond donors (Lipinski definition) is 0. The molecule has 0 fully saturated rings. The molecule has 0 bridgehead atoms. The van der Waals surface area contributed by atoms with E-state index in [1.807, 2.05) is 0 Å². The number of carbonyl (C=O) groups excluding carboxylic acids is 3. The van der Waals surface area contributed by atoms with Gasteiger partial charge in [0.2, 0.25) is 0 Å². The Labute approximate surface area is 340 Å². The second kappa shape index (κ2) is 44.3. The summed E-state index contributed by atoms with van der Waals surface area (Å²) in [5, 5.41) is 0. The van der Waals surface area contributed by atoms with Crippen LogP contribution in [0.4, 0.5) is 0 Å². The summed E-state index contributed by atoms with van der Waals surface area (Å²) in [5.41, 5.74) is 0. The van der Waals surface area contributed by atoms with E-state index in [2.05, 4.69) is 57.2 Å². The molecule has 0 amide bonds. The number of carbonyl (C=O) groups is 3. The molecular weight excluding hydrogens is 685 g/mol. The third kappa shape index (κ3) is 42.6. The maximum Gasteiger partial charge on any atom is 0.306 e. The van der Waals surface area contributed by atoms with E-state index in [1.54, 1.807) is 0 Å². The van der Waals surface area contributed by atoms with Crippen LogP contribution in [0.1, 0.15) is 239 Å². The summed E-state index contributed by atoms with van der Waals surface area (Å²) >= 11 is 0. The first-order valence-electron chi connectivity index (χ1n) is 23.5. The molecule has 0 aliphatic rings. The normalized spacial score (nSPS) is 12.3. The molecule has 55 heavy (non-hydrogen) atoms. The van der Waals surface area contributed by atoms with Gasteiger partial charge in [-0.3, -0.25) is 14.4 Å². The lowest BCUT2D eigenvalue weighted by molar-refractivity contribution is -0.167. The molecule has 1 unspecified atom stereocenters. The highest BCUT2D eigenvalue weighted by molar-refractivity contribution is 5.71. The molecule has 6 nitrogen and oxygen atoms in total. The molecule has 0 N–H and O–H groups in total. The fourth-order valence-corrected chi connectivity index (χ4v) is 6.57. The van der Waals surface area contributed by atoms with E-state index in [1.165, 1.54) is 116 Å². The Morgan fingerprint density at radius 2 is 0.655 bits per heavy atom. The van der Waals surface area contributed by atoms with Crippen LogP contribution in [0, 0.1) is 0 Å². The van der Waals surface area contributed by atoms with E-state index < -0.39 is 6.10 Å². The first kappa shape index (κ1) is 52.6. The SMILES string of the molecule is CCCCCCC/C=C\C/C=C\C/C=C\CCCCCCCCC(=O)OCC(COC(=O)CCCCCCC)OC(=O)CCCCCCCCCCCCC. The molecule has 0 aliphatic carbocycles. The molecule has 0 aliphatic heterocycles. The Hall–Kier alpha value is -2.37. The van der Waals surface area contributed by atoms with E-state index in [0.29, 0.717) is 19.3 Å². The molecule has 6 heteroatoms. The lowest BCUT2D eigenvalue weighted by Gasteiger charge is -2.18. The second-order valence-electron chi connectivity index (χ2n) is 15.7. The van der Waals surface area contributed by atoms with E-state index in [4.69, 9.17) is 14.2 Å². The zero-order chi connectivity index (χ0) is 40.1. The maximum absolute atomic E-state index is 12.6. The number of allylic oxidation sites excluding steroid dienone is 6. The highest BCUT2D eigenvalue weighted by Crippen LogP contribution is 2.14. The predicted molar refractivity (Wildman–Crippen MR) is 233 cm³/mol. The van der Waals surface area contributed by atoms with Crippen LogP contribution in [-0.2, 0) is 28.6 Å². The number of rotatable bonds is 42. The van der Waals surface area contributed by atoms with Gasteiger partial charge in [0.1, 0.15) is 13.2 Å². The van der Waals surface area contributed by atoms with Crippen molar-refractivity contribution in [2.75, 3.05) is 13.2 Å². The summed E-state index contributed by atoms with van der Waals surface area (Å²) in [5.74, 6) is -0.900. The topological polar surface area (TPSA) is 78.9 Å². The van der Waals surface area contributed by atoms with Gasteiger partial charge in [-0.25, -0.2) is 0 Å². The number of esters is 3. The van der Waals surface area contributed by atoms with Gasteiger partial charge in [-0.1, -0.05) is 198 Å². The summed E-state index contributed by atoms with van der Waals surface area (Å²) in [6.07, 6.45) is 50.2. The van der Waals surface area contributed by atoms with E-state index in [-0.39, 0.29) is 31.1 Å². The first-order valence-corrected chi connectivity index (χ1v) is 23.5. The van der Waals surface area contributed by atoms with Crippen LogP contribution < -0.4 is 0 Å². The fourth-order valence-electron chi connectivity index (χ4n) is 6.57. The Morgan fingerprint density at radius 1 is 0.364 bits per heavy atom. The van der Waals surface area contributed by atoms with Crippen LogP contribution in [-0.4, -0.2) is 37.2 Å². The van der Waals surface area contributed by atoms with Gasteiger partial charge < -0.3 is 14.2 Å². The largest absolute Gasteiger partial charge is 0.462 e. The van der Waals surface area contributed by atoms with Crippen LogP contribution in [0.3, 0.4) is 0 Å². The second-order valence-corrected chi connectivity index (χ2v) is 15.7. The van der Waals surface area contributed by atoms with Crippen molar-refractivity contribution in [3.8, 4) is 0 Å². The smallest absolute Gasteiger partial charge is 0.306 e. The van der Waals surface area contributed by atoms with Crippen LogP contribution in [0.5, 0.6) is 0 Å². The minimum absolute atomic E-state index is 0.0755. The number of unbranched alkanes of at least 4 members (excludes halogenated alkanes) is 25. The van der Waals surface area contributed by atoms with Gasteiger partial charge >= 0.3 is 17.9 Å². The summed E-state index contributed by atoms with van der Waals surface area (Å²) in [6, 6.07) is 0. The fraction of sp³-hybridized carbons (Fsp3) is 0.816. The standard InChI is InChI=1S/C49H88O6/c1-4-7-10-13-15-17-19-20-21-22-23-24-25-26-27-28-30-31-33-36-39-42-48(51)54-45-46(44-53-47(50)41-38-35-12-9-6-3)55-49(52)43-40-37-34-32-29-18-16-14-11-8-5-2/h19-20,22-23,25-26,46H,4-18,21,24,27-45H2,1-3H3/b20-19-,23-22-,26-25-. The highest BCUT2D eigenvalue weighted by atomic mass is 16.6. The molecular formula is C49H88O6. The third-order valence-electron chi connectivity index (χ3n) is 10.1. The third-order valence-corrected chi connectivity index (χ3v) is 10.1. The average molecular weight is 773 g/mol. The van der Waals surface area contributed by atoms with Crippen molar-refractivity contribution in [2.45, 2.75) is 245 Å². The van der Waals surface area contributed by atoms with E-state index in [9.17, 15) is 14.4 Å². The van der Waals surface area contributed by atoms with Crippen molar-refractivity contribution >= 4 is 17.9 Å². The minimum atomic E-state index is -0.768. The van der Waals surface area contributed by atoms with Gasteiger partial charge in [0.15, 0.2) is 6.10 Å². The summed E-state index contributed by atoms with van der Waals surface area (Å²) in [6.45, 7) is 6.52. The quantitative estimate of drug-likeness (QED) is 0.0266. The van der Waals surface area contributed by atoms with Crippen LogP contribution in [0.2, 0.25) is 0 Å². The van der Waals surface area contributed by atoms with Gasteiger partial charge in [0.25, 0.3) is 0 Å². The first-order chi connectivity index (χ1) is 27.0. The predicted octanol–water partition coefficient (Wildman–Crippen LogP) is 15.0. The molecule has 0 heterocycles. The minimum Gasteiger partial charge on any atom is -0.462 e. The Kier molecular flexibility index (Phi) is 42.4. The zero-order valence-electron chi connectivity index (χ0n) is 36.4. The van der Waals surface area contributed by atoms with E-state index in [0.717, 1.165) is 83.5 Å². The van der Waals surface area contributed by atoms with Crippen molar-refractivity contribution in [3.05, 3.63) is 36.5 Å². The summed E-state index contributed by atoms with van der Waals surface area (Å²) < 4.78 is 16.6. The van der Waals surface area contributed by atoms with Crippen LogP contribution >= 0.6 is 0 Å². The molecule has 0 aromatic heterocycles. The van der Waals surface area contributed by atoms with Crippen molar-refractivity contribution in [1.82, 2.24) is 0 Å². The molecule has 0 saturated heterocycles. The highest BCUT2D eigenvalue weighted by Gasteiger charge is 2.19. The van der Waals surface area contributed by atoms with Gasteiger partial charge in [-0.15, -0.1) is 0 Å². The van der Waals surface area contributed by atoms with Gasteiger partial charge in [-0.2, -0.15) is 0 Å². The summed E-state index contributed by atoms with van der Waals surface area (Å²) in [7, 11) is 0. The Balaban J connectivity index is 4.17. The summed E-state index contributed by atoms with van der Waals surface area (Å²) in [4.78, 5) is 37.5. The van der Waals surface area contributed by atoms with Gasteiger partial charge in [0, 0.05) is 19.3 Å². The van der Waals surface area contributed by atoms with Crippen LogP contribution in [0.15, 0.2) is 36.5 Å². The monoisotopic (exact) mass is 773 g/mol. The van der Waals surface area contributed by atoms with Crippen molar-refractivity contribution < 1.29 is 28.6 Å². The van der Waals surface area contributed by atoms with E-state index >= 15 is 0 Å². The maximum atomic E-state index is 12.6. The van der Waals surface area contributed by atoms with Crippen LogP contribution in [0.25, 0.3) is 0 Å². The van der Waals surface area contributed by atoms with Crippen molar-refractivity contribution in [2.24, 2.45) is 0 Å². The Morgan fingerprint density at radius 3 is 1.02 bits per heavy atom. The Bertz CT molecular complexity index is 938. The molecule has 0 aromatic carbocycles. The van der Waals surface area contributed by atoms with Crippen molar-refractivity contribution in [1.29, 1.82) is 0 Å². The molecule has 1 atom stereocenters. The molecule has 320 valence electrons. The average Bonchev–Trinajstić information content (AvgIpc) is 3.18. The van der Waals surface area contributed by atoms with Gasteiger partial charge in [0.05, 0.1) is 0 Å². The van der Waals surface area contributed by atoms with Gasteiger partial charge in [-0.05, 0) is 57.8 Å². The number of hydrogen-bond acceptors (Lipinski definition) is 6. The molecule has 0 rings (SSSR count). The molecule has 0 saturated carbocycles.